The van der Waals surface area contributed by atoms with Crippen LogP contribution >= 0.6 is 0 Å². The third kappa shape index (κ3) is 4.86. The van der Waals surface area contributed by atoms with Crippen molar-refractivity contribution in [3.8, 4) is 11.5 Å². The fraction of sp³-hybridized carbons (Fsp3) is 0.600. The monoisotopic (exact) mass is 297 g/mol. The molecule has 1 aliphatic heterocycles. The molecule has 0 saturated carbocycles. The molecule has 0 saturated heterocycles. The van der Waals surface area contributed by atoms with Gasteiger partial charge in [-0.05, 0) is 24.1 Å². The van der Waals surface area contributed by atoms with Crippen molar-refractivity contribution in [2.75, 3.05) is 26.6 Å². The van der Waals surface area contributed by atoms with E-state index in [0.29, 0.717) is 13.2 Å². The van der Waals surface area contributed by atoms with Crippen molar-refractivity contribution in [1.29, 1.82) is 0 Å². The average molecular weight is 297 g/mol. The molecule has 0 unspecified atom stereocenters. The quantitative estimate of drug-likeness (QED) is 0.621. The zero-order valence-corrected chi connectivity index (χ0v) is 12.2. The van der Waals surface area contributed by atoms with Crippen molar-refractivity contribution in [3.05, 3.63) is 23.8 Å². The summed E-state index contributed by atoms with van der Waals surface area (Å²) in [6.45, 7) is 3.36. The fourth-order valence-electron chi connectivity index (χ4n) is 2.04. The summed E-state index contributed by atoms with van der Waals surface area (Å²) >= 11 is 0. The summed E-state index contributed by atoms with van der Waals surface area (Å²) in [6, 6.07) is 5.67. The highest BCUT2D eigenvalue weighted by atomic mass is 16.7. The standard InChI is InChI=1S/C15H23NO5/c1-2-12(7-17)16-6-13(18)9-19-8-11-3-4-14-15(5-11)21-10-20-14/h3-5,12-13,16-18H,2,6-10H2,1H3/t12-,13+/m0/s1. The summed E-state index contributed by atoms with van der Waals surface area (Å²) in [5.74, 6) is 1.48. The van der Waals surface area contributed by atoms with Gasteiger partial charge in [0.05, 0.1) is 25.9 Å². The van der Waals surface area contributed by atoms with Gasteiger partial charge in [-0.25, -0.2) is 0 Å². The number of nitrogens with one attached hydrogen (secondary N) is 1. The average Bonchev–Trinajstić information content (AvgIpc) is 2.96. The van der Waals surface area contributed by atoms with Crippen LogP contribution in [0.15, 0.2) is 18.2 Å². The molecule has 1 heterocycles. The van der Waals surface area contributed by atoms with Crippen LogP contribution in [0.3, 0.4) is 0 Å². The van der Waals surface area contributed by atoms with Crippen molar-refractivity contribution >= 4 is 0 Å². The van der Waals surface area contributed by atoms with Crippen molar-refractivity contribution in [1.82, 2.24) is 5.32 Å². The molecule has 118 valence electrons. The fourth-order valence-corrected chi connectivity index (χ4v) is 2.04. The maximum atomic E-state index is 9.81. The molecular weight excluding hydrogens is 274 g/mol. The molecule has 1 aromatic rings. The Kier molecular flexibility index (Phi) is 6.25. The van der Waals surface area contributed by atoms with E-state index < -0.39 is 6.10 Å². The Labute approximate surface area is 124 Å². The molecule has 0 spiro atoms. The Morgan fingerprint density at radius 3 is 2.90 bits per heavy atom. The molecule has 0 aliphatic carbocycles. The van der Waals surface area contributed by atoms with Gasteiger partial charge in [0.25, 0.3) is 0 Å². The molecule has 0 radical (unpaired) electrons. The van der Waals surface area contributed by atoms with E-state index in [0.717, 1.165) is 23.5 Å². The lowest BCUT2D eigenvalue weighted by atomic mass is 10.2. The summed E-state index contributed by atoms with van der Waals surface area (Å²) in [5, 5.41) is 21.9. The maximum absolute atomic E-state index is 9.81. The molecule has 0 fully saturated rings. The molecule has 0 amide bonds. The van der Waals surface area contributed by atoms with E-state index in [2.05, 4.69) is 5.32 Å². The third-order valence-electron chi connectivity index (χ3n) is 3.37. The smallest absolute Gasteiger partial charge is 0.231 e. The first-order valence-electron chi connectivity index (χ1n) is 7.21. The van der Waals surface area contributed by atoms with Gasteiger partial charge in [-0.1, -0.05) is 13.0 Å². The number of benzene rings is 1. The van der Waals surface area contributed by atoms with Gasteiger partial charge < -0.3 is 29.7 Å². The van der Waals surface area contributed by atoms with Crippen LogP contribution in [0.4, 0.5) is 0 Å². The van der Waals surface area contributed by atoms with Crippen molar-refractivity contribution < 1.29 is 24.4 Å². The Morgan fingerprint density at radius 1 is 1.33 bits per heavy atom. The van der Waals surface area contributed by atoms with Crippen LogP contribution in [0.5, 0.6) is 11.5 Å². The molecule has 0 bridgehead atoms. The molecule has 1 aromatic carbocycles. The SMILES string of the molecule is CC[C@@H](CO)NC[C@@H](O)COCc1ccc2c(c1)OCO2. The van der Waals surface area contributed by atoms with Crippen molar-refractivity contribution in [2.45, 2.75) is 32.1 Å². The van der Waals surface area contributed by atoms with Crippen molar-refractivity contribution in [3.63, 3.8) is 0 Å². The second-order valence-electron chi connectivity index (χ2n) is 5.05. The number of hydrogen-bond acceptors (Lipinski definition) is 6. The first kappa shape index (κ1) is 16.0. The van der Waals surface area contributed by atoms with E-state index in [9.17, 15) is 5.11 Å². The van der Waals surface area contributed by atoms with Gasteiger partial charge in [-0.3, -0.25) is 0 Å². The molecular formula is C15H23NO5. The van der Waals surface area contributed by atoms with E-state index in [1.807, 2.05) is 25.1 Å². The predicted molar refractivity (Wildman–Crippen MR) is 77.4 cm³/mol. The highest BCUT2D eigenvalue weighted by molar-refractivity contribution is 5.44. The predicted octanol–water partition coefficient (Wildman–Crippen LogP) is 0.653. The largest absolute Gasteiger partial charge is 0.454 e. The van der Waals surface area contributed by atoms with Gasteiger partial charge in [-0.15, -0.1) is 0 Å². The van der Waals surface area contributed by atoms with Gasteiger partial charge >= 0.3 is 0 Å². The van der Waals surface area contributed by atoms with Gasteiger partial charge in [0, 0.05) is 12.6 Å². The van der Waals surface area contributed by atoms with Crippen LogP contribution in [-0.4, -0.2) is 48.9 Å². The summed E-state index contributed by atoms with van der Waals surface area (Å²) in [5.41, 5.74) is 0.973. The van der Waals surface area contributed by atoms with Gasteiger partial charge in [0.1, 0.15) is 0 Å². The van der Waals surface area contributed by atoms with Crippen molar-refractivity contribution in [2.24, 2.45) is 0 Å². The van der Waals surface area contributed by atoms with E-state index in [1.54, 1.807) is 0 Å². The van der Waals surface area contributed by atoms with Gasteiger partial charge in [0.15, 0.2) is 11.5 Å². The lowest BCUT2D eigenvalue weighted by Crippen LogP contribution is -2.39. The molecule has 3 N–H and O–H groups in total. The highest BCUT2D eigenvalue weighted by Crippen LogP contribution is 2.32. The molecule has 2 rings (SSSR count). The molecule has 21 heavy (non-hydrogen) atoms. The van der Waals surface area contributed by atoms with Gasteiger partial charge in [0.2, 0.25) is 6.79 Å². The Morgan fingerprint density at radius 2 is 2.14 bits per heavy atom. The highest BCUT2D eigenvalue weighted by Gasteiger charge is 2.13. The second-order valence-corrected chi connectivity index (χ2v) is 5.05. The lowest BCUT2D eigenvalue weighted by molar-refractivity contribution is 0.0265. The summed E-state index contributed by atoms with van der Waals surface area (Å²) in [6.07, 6.45) is 0.223. The zero-order chi connectivity index (χ0) is 15.1. The number of hydrogen-bond donors (Lipinski definition) is 3. The minimum absolute atomic E-state index is 0.0218. The first-order valence-corrected chi connectivity index (χ1v) is 7.21. The number of aliphatic hydroxyl groups excluding tert-OH is 2. The summed E-state index contributed by atoms with van der Waals surface area (Å²) in [4.78, 5) is 0. The second kappa shape index (κ2) is 8.19. The van der Waals surface area contributed by atoms with Gasteiger partial charge in [-0.2, -0.15) is 0 Å². The van der Waals surface area contributed by atoms with E-state index in [-0.39, 0.29) is 26.0 Å². The number of ether oxygens (including phenoxy) is 3. The summed E-state index contributed by atoms with van der Waals surface area (Å²) < 4.78 is 16.0. The number of fused-ring (bicyclic) bond motifs is 1. The minimum atomic E-state index is -0.598. The zero-order valence-electron chi connectivity index (χ0n) is 12.2. The molecule has 6 nitrogen and oxygen atoms in total. The molecule has 2 atom stereocenters. The summed E-state index contributed by atoms with van der Waals surface area (Å²) in [7, 11) is 0. The Balaban J connectivity index is 1.67. The molecule has 0 aromatic heterocycles. The van der Waals surface area contributed by atoms with Crippen LogP contribution in [0.1, 0.15) is 18.9 Å². The number of rotatable bonds is 9. The topological polar surface area (TPSA) is 80.2 Å². The first-order chi connectivity index (χ1) is 10.2. The van der Waals surface area contributed by atoms with Crippen LogP contribution in [0.2, 0.25) is 0 Å². The van der Waals surface area contributed by atoms with Crippen LogP contribution in [0.25, 0.3) is 0 Å². The minimum Gasteiger partial charge on any atom is -0.454 e. The Bertz CT molecular complexity index is 436. The normalized spacial score (nSPS) is 16.0. The molecule has 1 aliphatic rings. The molecule has 6 heteroatoms. The van der Waals surface area contributed by atoms with Crippen LogP contribution in [0, 0.1) is 0 Å². The lowest BCUT2D eigenvalue weighted by Gasteiger charge is -2.17. The van der Waals surface area contributed by atoms with E-state index in [4.69, 9.17) is 19.3 Å². The maximum Gasteiger partial charge on any atom is 0.231 e. The van der Waals surface area contributed by atoms with Crippen LogP contribution < -0.4 is 14.8 Å². The number of aliphatic hydroxyl groups is 2. The third-order valence-corrected chi connectivity index (χ3v) is 3.37. The van der Waals surface area contributed by atoms with E-state index >= 15 is 0 Å². The Hall–Kier alpha value is -1.34. The van der Waals surface area contributed by atoms with E-state index in [1.165, 1.54) is 0 Å². The van der Waals surface area contributed by atoms with Crippen LogP contribution in [-0.2, 0) is 11.3 Å².